The van der Waals surface area contributed by atoms with Crippen LogP contribution in [0.2, 0.25) is 0 Å². The quantitative estimate of drug-likeness (QED) is 0.225. The van der Waals surface area contributed by atoms with Gasteiger partial charge in [-0.1, -0.05) is 6.07 Å². The second-order valence-electron chi connectivity index (χ2n) is 12.5. The minimum absolute atomic E-state index is 0.00232. The highest BCUT2D eigenvalue weighted by Gasteiger charge is 2.38. The Morgan fingerprint density at radius 3 is 2.58 bits per heavy atom. The molecule has 48 heavy (non-hydrogen) atoms. The number of aryl methyl sites for hydroxylation is 1. The molecule has 16 heteroatoms. The van der Waals surface area contributed by atoms with Crippen LogP contribution in [0, 0.1) is 12.8 Å². The normalized spacial score (nSPS) is 16.7. The summed E-state index contributed by atoms with van der Waals surface area (Å²) in [5, 5.41) is 1.64. The average molecular weight is 677 g/mol. The molecule has 5 rings (SSSR count). The number of hydrogen-bond acceptors (Lipinski definition) is 11. The standard InChI is InChI=1S/C32H35F3N4O9/c1-19-26(47-30(43)46-19)17-45-27(41)13-21-11-20-5-6-25(12-22(20)14-37(28(21)42)18-32(33,34)35)44-10-8-23-15-38-24(16-40)7-9-39(29(38)36-23)48-31(2,3)4/h5-6,12,15,21H,7-11,13-14,17-18H2,1-4H3/t21-/m0/s1. The van der Waals surface area contributed by atoms with Crippen LogP contribution in [0.4, 0.5) is 19.1 Å². The van der Waals surface area contributed by atoms with E-state index in [0.717, 1.165) is 0 Å². The SMILES string of the molecule is Cc1oc(=O)oc1COC(=O)C[C@@H]1Cc2ccc(OCCc3cn4c(n3)N(OC(C)(C)C)CCC4=C=O)cc2CN(CC(F)(F)F)C1=O. The average Bonchev–Trinajstić information content (AvgIpc) is 3.53. The topological polar surface area (TPSA) is 147 Å². The van der Waals surface area contributed by atoms with Crippen molar-refractivity contribution >= 4 is 29.5 Å². The molecule has 3 aromatic rings. The molecule has 0 saturated carbocycles. The molecule has 1 aromatic carbocycles. The van der Waals surface area contributed by atoms with Gasteiger partial charge in [-0.15, -0.1) is 0 Å². The highest BCUT2D eigenvalue weighted by Crippen LogP contribution is 2.32. The summed E-state index contributed by atoms with van der Waals surface area (Å²) in [6.45, 7) is 5.47. The number of carbonyl (C=O) groups excluding carboxylic acids is 3. The molecule has 0 fully saturated rings. The molecule has 0 radical (unpaired) electrons. The van der Waals surface area contributed by atoms with Crippen LogP contribution < -0.4 is 15.6 Å². The molecule has 4 heterocycles. The van der Waals surface area contributed by atoms with Gasteiger partial charge in [-0.05, 0) is 57.4 Å². The molecule has 13 nitrogen and oxygen atoms in total. The number of aromatic nitrogens is 2. The number of ether oxygens (including phenoxy) is 2. The largest absolute Gasteiger partial charge is 0.519 e. The third kappa shape index (κ3) is 8.55. The van der Waals surface area contributed by atoms with Gasteiger partial charge in [0.1, 0.15) is 23.9 Å². The molecule has 0 bridgehead atoms. The number of halogens is 3. The monoisotopic (exact) mass is 676 g/mol. The summed E-state index contributed by atoms with van der Waals surface area (Å²) >= 11 is 0. The number of hydroxylamine groups is 1. The van der Waals surface area contributed by atoms with E-state index in [4.69, 9.17) is 23.1 Å². The van der Waals surface area contributed by atoms with Crippen molar-refractivity contribution in [1.29, 1.82) is 0 Å². The summed E-state index contributed by atoms with van der Waals surface area (Å²) in [5.74, 6) is -0.894. The van der Waals surface area contributed by atoms with Gasteiger partial charge in [0.25, 0.3) is 0 Å². The zero-order chi connectivity index (χ0) is 34.8. The van der Waals surface area contributed by atoms with Crippen LogP contribution in [-0.2, 0) is 50.0 Å². The van der Waals surface area contributed by atoms with Gasteiger partial charge in [0.15, 0.2) is 18.1 Å². The van der Waals surface area contributed by atoms with Crippen LogP contribution in [0.15, 0.2) is 38.0 Å². The van der Waals surface area contributed by atoms with Gasteiger partial charge < -0.3 is 23.2 Å². The number of esters is 1. The number of anilines is 1. The molecule has 0 spiro atoms. The van der Waals surface area contributed by atoms with E-state index in [1.807, 2.05) is 26.7 Å². The second kappa shape index (κ2) is 13.7. The van der Waals surface area contributed by atoms with Crippen molar-refractivity contribution in [2.24, 2.45) is 5.92 Å². The van der Waals surface area contributed by atoms with E-state index in [9.17, 15) is 32.3 Å². The molecule has 0 N–H and O–H groups in total. The Bertz CT molecular complexity index is 1780. The van der Waals surface area contributed by atoms with Crippen molar-refractivity contribution in [2.45, 2.75) is 78.3 Å². The summed E-state index contributed by atoms with van der Waals surface area (Å²) in [5.41, 5.74) is 1.60. The van der Waals surface area contributed by atoms with E-state index in [0.29, 0.717) is 58.5 Å². The fourth-order valence-electron chi connectivity index (χ4n) is 5.49. The smallest absolute Gasteiger partial charge is 0.493 e. The van der Waals surface area contributed by atoms with Crippen molar-refractivity contribution in [2.75, 3.05) is 24.8 Å². The first kappa shape index (κ1) is 34.5. The zero-order valence-electron chi connectivity index (χ0n) is 26.8. The van der Waals surface area contributed by atoms with Crippen molar-refractivity contribution in [3.8, 4) is 5.75 Å². The maximum atomic E-state index is 13.5. The number of nitrogens with zero attached hydrogens (tertiary/aromatic N) is 4. The summed E-state index contributed by atoms with van der Waals surface area (Å²) in [6.07, 6.45) is -2.68. The Morgan fingerprint density at radius 1 is 1.15 bits per heavy atom. The lowest BCUT2D eigenvalue weighted by Gasteiger charge is -2.33. The number of rotatable bonds is 10. The number of carbonyl (C=O) groups is 2. The number of benzene rings is 1. The third-order valence-corrected chi connectivity index (χ3v) is 7.58. The van der Waals surface area contributed by atoms with Crippen LogP contribution in [0.1, 0.15) is 62.0 Å². The Balaban J connectivity index is 1.27. The van der Waals surface area contributed by atoms with Gasteiger partial charge in [0, 0.05) is 25.6 Å². The lowest BCUT2D eigenvalue weighted by Crippen LogP contribution is -2.41. The molecule has 1 amide bonds. The third-order valence-electron chi connectivity index (χ3n) is 7.58. The van der Waals surface area contributed by atoms with Gasteiger partial charge in [0.2, 0.25) is 11.9 Å². The molecule has 2 aliphatic rings. The molecule has 0 unspecified atom stereocenters. The molecular formula is C32H35F3N4O9. The Morgan fingerprint density at radius 2 is 1.92 bits per heavy atom. The Hall–Kier alpha value is -4.82. The van der Waals surface area contributed by atoms with Crippen molar-refractivity contribution in [1.82, 2.24) is 14.5 Å². The van der Waals surface area contributed by atoms with Gasteiger partial charge in [-0.25, -0.2) is 19.6 Å². The maximum Gasteiger partial charge on any atom is 0.519 e. The predicted octanol–water partition coefficient (Wildman–Crippen LogP) is 4.17. The van der Waals surface area contributed by atoms with E-state index in [-0.39, 0.29) is 31.1 Å². The molecule has 2 aliphatic heterocycles. The van der Waals surface area contributed by atoms with E-state index >= 15 is 0 Å². The van der Waals surface area contributed by atoms with Crippen LogP contribution >= 0.6 is 0 Å². The maximum absolute atomic E-state index is 13.5. The minimum atomic E-state index is -4.67. The lowest BCUT2D eigenvalue weighted by atomic mass is 9.94. The highest BCUT2D eigenvalue weighted by atomic mass is 19.4. The first-order valence-corrected chi connectivity index (χ1v) is 15.2. The molecule has 0 saturated heterocycles. The van der Waals surface area contributed by atoms with E-state index in [1.165, 1.54) is 6.92 Å². The molecular weight excluding hydrogens is 641 g/mol. The van der Waals surface area contributed by atoms with Crippen LogP contribution in [-0.4, -0.2) is 63.7 Å². The van der Waals surface area contributed by atoms with Crippen molar-refractivity contribution in [3.05, 3.63) is 63.4 Å². The van der Waals surface area contributed by atoms with E-state index in [2.05, 4.69) is 4.98 Å². The summed E-state index contributed by atoms with van der Waals surface area (Å²) in [7, 11) is 0. The van der Waals surface area contributed by atoms with Gasteiger partial charge in [-0.3, -0.25) is 19.0 Å². The van der Waals surface area contributed by atoms with Gasteiger partial charge in [0.05, 0.1) is 36.8 Å². The molecule has 0 aliphatic carbocycles. The number of imidazole rings is 1. The first-order valence-electron chi connectivity index (χ1n) is 15.2. The molecule has 258 valence electrons. The zero-order valence-corrected chi connectivity index (χ0v) is 26.8. The molecule has 2 aromatic heterocycles. The predicted molar refractivity (Wildman–Crippen MR) is 161 cm³/mol. The number of hydrogen-bond donors (Lipinski definition) is 0. The van der Waals surface area contributed by atoms with Crippen LogP contribution in [0.3, 0.4) is 0 Å². The van der Waals surface area contributed by atoms with Crippen molar-refractivity contribution in [3.63, 3.8) is 0 Å². The van der Waals surface area contributed by atoms with Crippen LogP contribution in [0.25, 0.3) is 5.70 Å². The van der Waals surface area contributed by atoms with E-state index in [1.54, 1.807) is 34.0 Å². The first-order chi connectivity index (χ1) is 22.6. The highest BCUT2D eigenvalue weighted by molar-refractivity contribution is 5.85. The lowest BCUT2D eigenvalue weighted by molar-refractivity contribution is -0.166. The minimum Gasteiger partial charge on any atom is -0.493 e. The number of alkyl halides is 3. The summed E-state index contributed by atoms with van der Waals surface area (Å²) in [6, 6.07) is 4.89. The second-order valence-corrected chi connectivity index (χ2v) is 12.5. The number of amides is 1. The summed E-state index contributed by atoms with van der Waals surface area (Å²) in [4.78, 5) is 59.9. The number of fused-ring (bicyclic) bond motifs is 2. The Kier molecular flexibility index (Phi) is 9.87. The van der Waals surface area contributed by atoms with Crippen molar-refractivity contribution < 1.29 is 50.7 Å². The summed E-state index contributed by atoms with van der Waals surface area (Å²) < 4.78 is 62.7. The van der Waals surface area contributed by atoms with E-state index < -0.39 is 55.0 Å². The van der Waals surface area contributed by atoms with Gasteiger partial charge in [-0.2, -0.15) is 13.2 Å². The Labute approximate surface area is 272 Å². The fraction of sp³-hybridized carbons (Fsp3) is 0.500. The molecule has 1 atom stereocenters. The van der Waals surface area contributed by atoms with Gasteiger partial charge >= 0.3 is 18.0 Å². The van der Waals surface area contributed by atoms with Crippen LogP contribution in [0.5, 0.6) is 5.75 Å². The fourth-order valence-corrected chi connectivity index (χ4v) is 5.49.